The molecule has 3 rings (SSSR count). The van der Waals surface area contributed by atoms with Gasteiger partial charge in [0, 0.05) is 33.3 Å². The molecule has 2 aliphatic rings. The molecule has 1 aromatic rings. The summed E-state index contributed by atoms with van der Waals surface area (Å²) in [4.78, 5) is 6.93. The number of likely N-dealkylation sites (tertiary alicyclic amines) is 1. The number of benzene rings is 1. The number of halogens is 1. The Kier molecular flexibility index (Phi) is 9.15. The summed E-state index contributed by atoms with van der Waals surface area (Å²) in [7, 11) is 3.57. The Bertz CT molecular complexity index is 586. The molecule has 1 aliphatic heterocycles. The molecule has 0 radical (unpaired) electrons. The summed E-state index contributed by atoms with van der Waals surface area (Å²) >= 11 is 0. The number of ether oxygens (including phenoxy) is 2. The number of aliphatic imine (C=N–C) groups is 1. The van der Waals surface area contributed by atoms with E-state index in [1.54, 1.807) is 7.11 Å². The number of methoxy groups -OCH3 is 1. The van der Waals surface area contributed by atoms with Crippen LogP contribution < -0.4 is 10.1 Å². The molecule has 0 amide bonds. The zero-order valence-corrected chi connectivity index (χ0v) is 19.0. The highest BCUT2D eigenvalue weighted by Gasteiger charge is 2.40. The van der Waals surface area contributed by atoms with Crippen molar-refractivity contribution in [2.24, 2.45) is 10.4 Å². The monoisotopic (exact) mass is 487 g/mol. The molecule has 27 heavy (non-hydrogen) atoms. The first kappa shape index (κ1) is 22.3. The second-order valence-corrected chi connectivity index (χ2v) is 7.61. The average Bonchev–Trinajstić information content (AvgIpc) is 3.31. The minimum Gasteiger partial charge on any atom is -0.497 e. The quantitative estimate of drug-likeness (QED) is 0.273. The molecular formula is C21H34IN3O2. The van der Waals surface area contributed by atoms with Crippen LogP contribution in [-0.4, -0.2) is 51.3 Å². The van der Waals surface area contributed by atoms with Gasteiger partial charge in [0.25, 0.3) is 0 Å². The Morgan fingerprint density at radius 3 is 2.59 bits per heavy atom. The maximum absolute atomic E-state index is 5.78. The van der Waals surface area contributed by atoms with Crippen molar-refractivity contribution < 1.29 is 9.47 Å². The van der Waals surface area contributed by atoms with Crippen molar-refractivity contribution in [2.45, 2.75) is 45.1 Å². The third-order valence-corrected chi connectivity index (χ3v) is 5.79. The number of hydrogen-bond donors (Lipinski definition) is 1. The van der Waals surface area contributed by atoms with Crippen LogP contribution in [0.4, 0.5) is 0 Å². The first-order chi connectivity index (χ1) is 12.7. The molecule has 1 N–H and O–H groups in total. The first-order valence-electron chi connectivity index (χ1n) is 9.91. The summed E-state index contributed by atoms with van der Waals surface area (Å²) in [6, 6.07) is 8.03. The maximum atomic E-state index is 5.78. The van der Waals surface area contributed by atoms with Crippen LogP contribution in [0.25, 0.3) is 0 Å². The van der Waals surface area contributed by atoms with Gasteiger partial charge in [-0.15, -0.1) is 24.0 Å². The van der Waals surface area contributed by atoms with E-state index in [4.69, 9.17) is 9.47 Å². The van der Waals surface area contributed by atoms with E-state index >= 15 is 0 Å². The third kappa shape index (κ3) is 6.24. The molecule has 0 bridgehead atoms. The second-order valence-electron chi connectivity index (χ2n) is 7.61. The fourth-order valence-electron chi connectivity index (χ4n) is 4.27. The van der Waals surface area contributed by atoms with Crippen LogP contribution in [0.1, 0.15) is 44.1 Å². The fourth-order valence-corrected chi connectivity index (χ4v) is 4.27. The van der Waals surface area contributed by atoms with Crippen molar-refractivity contribution in [1.29, 1.82) is 0 Å². The summed E-state index contributed by atoms with van der Waals surface area (Å²) in [5, 5.41) is 3.51. The molecule has 0 unspecified atom stereocenters. The Hall–Kier alpha value is -1.02. The van der Waals surface area contributed by atoms with E-state index in [0.29, 0.717) is 12.0 Å². The molecule has 1 aromatic carbocycles. The van der Waals surface area contributed by atoms with E-state index in [2.05, 4.69) is 15.2 Å². The highest BCUT2D eigenvalue weighted by molar-refractivity contribution is 14.0. The van der Waals surface area contributed by atoms with Gasteiger partial charge in [-0.3, -0.25) is 4.99 Å². The third-order valence-electron chi connectivity index (χ3n) is 5.79. The zero-order chi connectivity index (χ0) is 18.2. The lowest BCUT2D eigenvalue weighted by atomic mass is 9.86. The van der Waals surface area contributed by atoms with Gasteiger partial charge in [-0.05, 0) is 48.8 Å². The van der Waals surface area contributed by atoms with Gasteiger partial charge in [-0.2, -0.15) is 0 Å². The van der Waals surface area contributed by atoms with Crippen molar-refractivity contribution >= 4 is 29.9 Å². The van der Waals surface area contributed by atoms with Gasteiger partial charge in [-0.1, -0.05) is 25.0 Å². The standard InChI is InChI=1S/C21H33N3O2.HI/c1-22-20(24-14-12-21(17-24)10-3-4-11-21)23-13-5-15-26-16-18-6-8-19(25-2)9-7-18;/h6-9H,3-5,10-17H2,1-2H3,(H,22,23);1H. The van der Waals surface area contributed by atoms with E-state index in [1.165, 1.54) is 44.2 Å². The minimum absolute atomic E-state index is 0. The van der Waals surface area contributed by atoms with Crippen molar-refractivity contribution in [3.8, 4) is 5.75 Å². The summed E-state index contributed by atoms with van der Waals surface area (Å²) < 4.78 is 10.9. The van der Waals surface area contributed by atoms with E-state index in [-0.39, 0.29) is 24.0 Å². The topological polar surface area (TPSA) is 46.1 Å². The number of nitrogens with zero attached hydrogens (tertiary/aromatic N) is 2. The van der Waals surface area contributed by atoms with Crippen LogP contribution >= 0.6 is 24.0 Å². The molecule has 1 aliphatic carbocycles. The van der Waals surface area contributed by atoms with Crippen LogP contribution in [0.2, 0.25) is 0 Å². The molecule has 1 spiro atoms. The molecule has 5 nitrogen and oxygen atoms in total. The number of rotatable bonds is 7. The number of hydrogen-bond acceptors (Lipinski definition) is 3. The van der Waals surface area contributed by atoms with E-state index in [0.717, 1.165) is 37.8 Å². The van der Waals surface area contributed by atoms with Crippen LogP contribution in [0.5, 0.6) is 5.75 Å². The largest absolute Gasteiger partial charge is 0.497 e. The molecule has 0 aromatic heterocycles. The Labute approximate surface area is 180 Å². The second kappa shape index (κ2) is 11.1. The van der Waals surface area contributed by atoms with Crippen LogP contribution in [0.15, 0.2) is 29.3 Å². The van der Waals surface area contributed by atoms with Crippen molar-refractivity contribution in [1.82, 2.24) is 10.2 Å². The van der Waals surface area contributed by atoms with Crippen molar-refractivity contribution in [3.63, 3.8) is 0 Å². The zero-order valence-electron chi connectivity index (χ0n) is 16.7. The van der Waals surface area contributed by atoms with Gasteiger partial charge < -0.3 is 19.7 Å². The lowest BCUT2D eigenvalue weighted by molar-refractivity contribution is 0.119. The summed E-state index contributed by atoms with van der Waals surface area (Å²) in [5.41, 5.74) is 1.76. The highest BCUT2D eigenvalue weighted by Crippen LogP contribution is 2.45. The number of nitrogens with one attached hydrogen (secondary N) is 1. The van der Waals surface area contributed by atoms with E-state index in [9.17, 15) is 0 Å². The molecule has 152 valence electrons. The molecule has 0 atom stereocenters. The lowest BCUT2D eigenvalue weighted by Crippen LogP contribution is -2.41. The lowest BCUT2D eigenvalue weighted by Gasteiger charge is -2.25. The minimum atomic E-state index is 0. The van der Waals surface area contributed by atoms with Gasteiger partial charge >= 0.3 is 0 Å². The predicted octanol–water partition coefficient (Wildman–Crippen LogP) is 4.06. The van der Waals surface area contributed by atoms with E-state index in [1.807, 2.05) is 31.3 Å². The summed E-state index contributed by atoms with van der Waals surface area (Å²) in [6.07, 6.45) is 7.93. The van der Waals surface area contributed by atoms with E-state index < -0.39 is 0 Å². The SMILES string of the molecule is CN=C(NCCCOCc1ccc(OC)cc1)N1CCC2(CCCC2)C1.I. The predicted molar refractivity (Wildman–Crippen MR) is 121 cm³/mol. The molecule has 1 heterocycles. The molecular weight excluding hydrogens is 453 g/mol. The summed E-state index contributed by atoms with van der Waals surface area (Å²) in [6.45, 7) is 4.63. The van der Waals surface area contributed by atoms with Gasteiger partial charge in [0.2, 0.25) is 0 Å². The van der Waals surface area contributed by atoms with Gasteiger partial charge in [0.05, 0.1) is 13.7 Å². The molecule has 1 saturated carbocycles. The van der Waals surface area contributed by atoms with Crippen molar-refractivity contribution in [2.75, 3.05) is 40.4 Å². The fraction of sp³-hybridized carbons (Fsp3) is 0.667. The highest BCUT2D eigenvalue weighted by atomic mass is 127. The molecule has 1 saturated heterocycles. The van der Waals surface area contributed by atoms with Crippen LogP contribution in [0, 0.1) is 5.41 Å². The number of guanidine groups is 1. The van der Waals surface area contributed by atoms with Gasteiger partial charge in [0.1, 0.15) is 5.75 Å². The van der Waals surface area contributed by atoms with Gasteiger partial charge in [-0.25, -0.2) is 0 Å². The first-order valence-corrected chi connectivity index (χ1v) is 9.91. The van der Waals surface area contributed by atoms with Gasteiger partial charge in [0.15, 0.2) is 5.96 Å². The Morgan fingerprint density at radius 1 is 1.19 bits per heavy atom. The molecule has 6 heteroatoms. The van der Waals surface area contributed by atoms with Crippen LogP contribution in [-0.2, 0) is 11.3 Å². The maximum Gasteiger partial charge on any atom is 0.193 e. The average molecular weight is 487 g/mol. The normalized spacial score (nSPS) is 18.6. The Morgan fingerprint density at radius 2 is 1.93 bits per heavy atom. The van der Waals surface area contributed by atoms with Crippen molar-refractivity contribution in [3.05, 3.63) is 29.8 Å². The summed E-state index contributed by atoms with van der Waals surface area (Å²) in [5.74, 6) is 1.94. The van der Waals surface area contributed by atoms with Crippen LogP contribution in [0.3, 0.4) is 0 Å². The smallest absolute Gasteiger partial charge is 0.193 e. The molecule has 2 fully saturated rings. The Balaban J connectivity index is 0.00000261.